The van der Waals surface area contributed by atoms with Crippen molar-refractivity contribution < 1.29 is 0 Å². The van der Waals surface area contributed by atoms with Crippen molar-refractivity contribution in [3.8, 4) is 0 Å². The van der Waals surface area contributed by atoms with Gasteiger partial charge in [-0.2, -0.15) is 0 Å². The number of thiocarbonyl (C=S) groups is 1. The third-order valence-electron chi connectivity index (χ3n) is 3.87. The van der Waals surface area contributed by atoms with Gasteiger partial charge in [0.1, 0.15) is 0 Å². The number of piperidine rings is 1. The van der Waals surface area contributed by atoms with Gasteiger partial charge in [0.05, 0.1) is 12.8 Å². The molecule has 1 aliphatic heterocycles. The minimum atomic E-state index is 0.0173. The lowest BCUT2D eigenvalue weighted by Gasteiger charge is -2.46. The van der Waals surface area contributed by atoms with Crippen LogP contribution in [0.4, 0.5) is 0 Å². The summed E-state index contributed by atoms with van der Waals surface area (Å²) < 4.78 is 0. The largest absolute Gasteiger partial charge is 0.369 e. The van der Waals surface area contributed by atoms with Crippen LogP contribution in [-0.4, -0.2) is 31.3 Å². The van der Waals surface area contributed by atoms with Crippen molar-refractivity contribution in [1.29, 1.82) is 0 Å². The Morgan fingerprint density at radius 1 is 1.50 bits per heavy atom. The molecule has 1 nitrogen and oxygen atoms in total. The highest BCUT2D eigenvalue weighted by Crippen LogP contribution is 2.48. The molecule has 1 aliphatic carbocycles. The number of hydrogen-bond donors (Lipinski definition) is 0. The lowest BCUT2D eigenvalue weighted by molar-refractivity contribution is 0.193. The highest BCUT2D eigenvalue weighted by Gasteiger charge is 2.39. The molecule has 14 heavy (non-hydrogen) atoms. The van der Waals surface area contributed by atoms with Crippen LogP contribution < -0.4 is 0 Å². The summed E-state index contributed by atoms with van der Waals surface area (Å²) in [6.07, 6.45) is 4.82. The molecule has 3 atom stereocenters. The zero-order chi connectivity index (χ0) is 10.3. The Bertz CT molecular complexity index is 252. The first-order valence-electron chi connectivity index (χ1n) is 5.53. The van der Waals surface area contributed by atoms with Crippen LogP contribution in [0.2, 0.25) is 5.31 Å². The molecule has 1 heterocycles. The fraction of sp³-hybridized carbons (Fsp3) is 0.909. The van der Waals surface area contributed by atoms with E-state index in [0.29, 0.717) is 5.92 Å². The van der Waals surface area contributed by atoms with Crippen LogP contribution in [-0.2, 0) is 0 Å². The molecular weight excluding hydrogens is 189 g/mol. The Hall–Kier alpha value is -0.0451. The van der Waals surface area contributed by atoms with E-state index in [1.165, 1.54) is 19.3 Å². The molecule has 0 N–H and O–H groups in total. The van der Waals surface area contributed by atoms with E-state index in [-0.39, 0.29) is 5.31 Å². The summed E-state index contributed by atoms with van der Waals surface area (Å²) in [5.41, 5.74) is 0. The van der Waals surface area contributed by atoms with E-state index in [4.69, 9.17) is 20.1 Å². The number of likely N-dealkylation sites (tertiary alicyclic amines) is 1. The molecule has 0 aromatic rings. The van der Waals surface area contributed by atoms with Gasteiger partial charge in [-0.1, -0.05) is 30.9 Å². The smallest absolute Gasteiger partial charge is 0.0810 e. The minimum absolute atomic E-state index is 0.0173. The lowest BCUT2D eigenvalue weighted by atomic mass is 9.55. The number of nitrogens with zero attached hydrogens (tertiary/aromatic N) is 1. The minimum Gasteiger partial charge on any atom is -0.369 e. The second-order valence-electron chi connectivity index (χ2n) is 5.31. The van der Waals surface area contributed by atoms with Crippen molar-refractivity contribution >= 4 is 25.1 Å². The molecule has 1 saturated carbocycles. The van der Waals surface area contributed by atoms with Crippen molar-refractivity contribution in [1.82, 2.24) is 4.90 Å². The first-order chi connectivity index (χ1) is 6.49. The van der Waals surface area contributed by atoms with Gasteiger partial charge in [-0.3, -0.25) is 0 Å². The normalized spacial score (nSPS) is 43.6. The molecule has 0 aromatic heterocycles. The van der Waals surface area contributed by atoms with Crippen molar-refractivity contribution in [2.45, 2.75) is 37.9 Å². The van der Waals surface area contributed by atoms with E-state index < -0.39 is 0 Å². The summed E-state index contributed by atoms with van der Waals surface area (Å²) in [4.78, 5) is 3.38. The Morgan fingerprint density at radius 3 is 2.93 bits per heavy atom. The summed E-state index contributed by atoms with van der Waals surface area (Å²) in [6.45, 7) is 3.31. The second kappa shape index (κ2) is 3.51. The molecule has 2 radical (unpaired) electrons. The summed E-state index contributed by atoms with van der Waals surface area (Å²) in [5, 5.41) is 0.0173. The van der Waals surface area contributed by atoms with Crippen LogP contribution in [0.1, 0.15) is 32.6 Å². The summed E-state index contributed by atoms with van der Waals surface area (Å²) in [6, 6.07) is 0. The zero-order valence-electron chi connectivity index (χ0n) is 9.12. The molecule has 3 unspecified atom stereocenters. The molecule has 76 valence electrons. The van der Waals surface area contributed by atoms with Gasteiger partial charge in [0.15, 0.2) is 0 Å². The molecule has 1 saturated heterocycles. The van der Waals surface area contributed by atoms with Crippen LogP contribution in [0.25, 0.3) is 0 Å². The summed E-state index contributed by atoms with van der Waals surface area (Å²) in [7, 11) is 8.33. The highest BCUT2D eigenvalue weighted by atomic mass is 32.1. The molecule has 0 bridgehead atoms. The van der Waals surface area contributed by atoms with Crippen LogP contribution in [0.15, 0.2) is 0 Å². The fourth-order valence-corrected chi connectivity index (χ4v) is 3.24. The van der Waals surface area contributed by atoms with Crippen molar-refractivity contribution in [3.63, 3.8) is 0 Å². The highest BCUT2D eigenvalue weighted by molar-refractivity contribution is 7.80. The molecule has 0 aromatic carbocycles. The lowest BCUT2D eigenvalue weighted by Crippen LogP contribution is -2.45. The average Bonchev–Trinajstić information content (AvgIpc) is 2.11. The monoisotopic (exact) mass is 207 g/mol. The Kier molecular flexibility index (Phi) is 2.63. The Morgan fingerprint density at radius 2 is 2.21 bits per heavy atom. The van der Waals surface area contributed by atoms with E-state index in [1.807, 2.05) is 0 Å². The molecule has 3 heteroatoms. The Labute approximate surface area is 93.6 Å². The Balaban J connectivity index is 2.13. The van der Waals surface area contributed by atoms with E-state index in [1.54, 1.807) is 0 Å². The van der Waals surface area contributed by atoms with Crippen molar-refractivity contribution in [2.75, 3.05) is 13.6 Å². The first kappa shape index (κ1) is 10.5. The molecule has 2 aliphatic rings. The van der Waals surface area contributed by atoms with Crippen LogP contribution in [0.5, 0.6) is 0 Å². The predicted molar refractivity (Wildman–Crippen MR) is 64.8 cm³/mol. The molecule has 2 fully saturated rings. The zero-order valence-corrected chi connectivity index (χ0v) is 9.94. The third kappa shape index (κ3) is 1.84. The third-order valence-corrected chi connectivity index (χ3v) is 4.48. The van der Waals surface area contributed by atoms with E-state index in [9.17, 15) is 0 Å². The van der Waals surface area contributed by atoms with Gasteiger partial charge in [-0.25, -0.2) is 0 Å². The average molecular weight is 207 g/mol. The van der Waals surface area contributed by atoms with E-state index in [0.717, 1.165) is 23.9 Å². The van der Waals surface area contributed by atoms with Crippen LogP contribution in [0.3, 0.4) is 0 Å². The van der Waals surface area contributed by atoms with Gasteiger partial charge in [-0.15, -0.1) is 0 Å². The molecule has 0 amide bonds. The van der Waals surface area contributed by atoms with E-state index in [2.05, 4.69) is 18.9 Å². The first-order valence-corrected chi connectivity index (χ1v) is 5.94. The molecule has 2 rings (SSSR count). The molecule has 0 spiro atoms. The van der Waals surface area contributed by atoms with Gasteiger partial charge < -0.3 is 4.90 Å². The van der Waals surface area contributed by atoms with Gasteiger partial charge in [-0.05, 0) is 25.2 Å². The maximum atomic E-state index is 6.21. The number of rotatable bonds is 0. The van der Waals surface area contributed by atoms with Crippen LogP contribution >= 0.6 is 12.2 Å². The van der Waals surface area contributed by atoms with Gasteiger partial charge in [0, 0.05) is 19.5 Å². The quantitative estimate of drug-likeness (QED) is 0.443. The molecular formula is C11H18BNS. The summed E-state index contributed by atoms with van der Waals surface area (Å²) in [5.74, 6) is 1.39. The van der Waals surface area contributed by atoms with Crippen molar-refractivity contribution in [3.05, 3.63) is 0 Å². The van der Waals surface area contributed by atoms with E-state index >= 15 is 0 Å². The SMILES string of the molecule is [B]C1(C)CCC2CCN(C)C(=S)C2C1. The summed E-state index contributed by atoms with van der Waals surface area (Å²) >= 11 is 5.50. The standard InChI is InChI=1S/C11H18BNS/c1-11(12)5-3-8-4-6-13(2)10(14)9(8)7-11/h8-9H,3-7H2,1-2H3. The number of hydrogen-bond acceptors (Lipinski definition) is 1. The van der Waals surface area contributed by atoms with Gasteiger partial charge in [0.2, 0.25) is 0 Å². The maximum absolute atomic E-state index is 6.21. The topological polar surface area (TPSA) is 3.24 Å². The van der Waals surface area contributed by atoms with Gasteiger partial charge in [0.25, 0.3) is 0 Å². The van der Waals surface area contributed by atoms with Crippen molar-refractivity contribution in [2.24, 2.45) is 11.8 Å². The maximum Gasteiger partial charge on any atom is 0.0810 e. The predicted octanol–water partition coefficient (Wildman–Crippen LogP) is 2.41. The number of fused-ring (bicyclic) bond motifs is 1. The fourth-order valence-electron chi connectivity index (χ4n) is 2.87. The van der Waals surface area contributed by atoms with Gasteiger partial charge >= 0.3 is 0 Å². The second-order valence-corrected chi connectivity index (χ2v) is 5.73. The van der Waals surface area contributed by atoms with Crippen LogP contribution in [0, 0.1) is 11.8 Å².